The number of rotatable bonds is 7. The number of benzene rings is 1. The molecule has 1 N–H and O–H groups in total. The Morgan fingerprint density at radius 2 is 2.08 bits per heavy atom. The summed E-state index contributed by atoms with van der Waals surface area (Å²) in [6, 6.07) is 9.83. The lowest BCUT2D eigenvalue weighted by atomic mass is 10.2. The van der Waals surface area contributed by atoms with Gasteiger partial charge in [-0.2, -0.15) is 11.3 Å². The van der Waals surface area contributed by atoms with Crippen LogP contribution >= 0.6 is 38.6 Å². The number of aliphatic hydroxyl groups excluding tert-OH is 1. The van der Waals surface area contributed by atoms with Gasteiger partial charge < -0.3 is 10.0 Å². The van der Waals surface area contributed by atoms with Crippen molar-refractivity contribution >= 4 is 44.5 Å². The van der Waals surface area contributed by atoms with Gasteiger partial charge in [-0.3, -0.25) is 4.79 Å². The predicted molar refractivity (Wildman–Crippen MR) is 106 cm³/mol. The van der Waals surface area contributed by atoms with E-state index in [1.807, 2.05) is 41.1 Å². The third-order valence-corrected chi connectivity index (χ3v) is 6.09. The Bertz CT molecular complexity index is 833. The van der Waals surface area contributed by atoms with Gasteiger partial charge in [0, 0.05) is 33.9 Å². The van der Waals surface area contributed by atoms with Gasteiger partial charge >= 0.3 is 0 Å². The average molecular weight is 437 g/mol. The minimum absolute atomic E-state index is 0.0352. The number of thiazole rings is 1. The van der Waals surface area contributed by atoms with Crippen LogP contribution in [0.3, 0.4) is 0 Å². The van der Waals surface area contributed by atoms with Gasteiger partial charge in [-0.05, 0) is 23.1 Å². The van der Waals surface area contributed by atoms with E-state index in [1.165, 1.54) is 0 Å². The minimum atomic E-state index is -0.0621. The van der Waals surface area contributed by atoms with Gasteiger partial charge in [0.05, 0.1) is 18.7 Å². The molecular weight excluding hydrogens is 420 g/mol. The maximum absolute atomic E-state index is 12.7. The van der Waals surface area contributed by atoms with Crippen molar-refractivity contribution in [3.63, 3.8) is 0 Å². The molecule has 0 spiro atoms. The van der Waals surface area contributed by atoms with Crippen molar-refractivity contribution in [3.8, 4) is 10.6 Å². The smallest absolute Gasteiger partial charge is 0.229 e. The SMILES string of the molecule is O=C(Cc1csc(-c2ccsc2)n1)N(CCO)Cc1ccccc1Br. The van der Waals surface area contributed by atoms with E-state index in [0.717, 1.165) is 26.3 Å². The maximum Gasteiger partial charge on any atom is 0.229 e. The molecule has 0 saturated carbocycles. The first-order valence-corrected chi connectivity index (χ1v) is 10.4. The summed E-state index contributed by atoms with van der Waals surface area (Å²) in [5.41, 5.74) is 2.88. The second kappa shape index (κ2) is 8.71. The molecule has 0 aliphatic rings. The largest absolute Gasteiger partial charge is 0.395 e. The number of thiophene rings is 1. The highest BCUT2D eigenvalue weighted by Gasteiger charge is 2.17. The molecule has 0 aliphatic heterocycles. The molecule has 25 heavy (non-hydrogen) atoms. The van der Waals surface area contributed by atoms with Crippen molar-refractivity contribution < 1.29 is 9.90 Å². The van der Waals surface area contributed by atoms with Crippen LogP contribution in [-0.2, 0) is 17.8 Å². The van der Waals surface area contributed by atoms with Crippen molar-refractivity contribution in [2.75, 3.05) is 13.2 Å². The van der Waals surface area contributed by atoms with E-state index in [-0.39, 0.29) is 18.9 Å². The number of nitrogens with zero attached hydrogens (tertiary/aromatic N) is 2. The van der Waals surface area contributed by atoms with E-state index in [1.54, 1.807) is 27.6 Å². The fourth-order valence-electron chi connectivity index (χ4n) is 2.42. The molecule has 0 saturated heterocycles. The first-order chi connectivity index (χ1) is 12.2. The van der Waals surface area contributed by atoms with Crippen LogP contribution in [0.15, 0.2) is 50.9 Å². The molecule has 4 nitrogen and oxygen atoms in total. The molecule has 7 heteroatoms. The van der Waals surface area contributed by atoms with Crippen LogP contribution in [-0.4, -0.2) is 34.0 Å². The molecule has 130 valence electrons. The molecular formula is C18H17BrN2O2S2. The number of halogens is 1. The average Bonchev–Trinajstić information content (AvgIpc) is 3.27. The summed E-state index contributed by atoms with van der Waals surface area (Å²) in [7, 11) is 0. The van der Waals surface area contributed by atoms with Gasteiger partial charge in [0.15, 0.2) is 0 Å². The first kappa shape index (κ1) is 18.3. The monoisotopic (exact) mass is 436 g/mol. The number of carbonyl (C=O) groups excluding carboxylic acids is 1. The van der Waals surface area contributed by atoms with Gasteiger partial charge in [-0.1, -0.05) is 34.1 Å². The Morgan fingerprint density at radius 3 is 2.80 bits per heavy atom. The summed E-state index contributed by atoms with van der Waals surface area (Å²) < 4.78 is 0.958. The molecule has 0 unspecified atom stereocenters. The highest BCUT2D eigenvalue weighted by atomic mass is 79.9. The van der Waals surface area contributed by atoms with Crippen LogP contribution in [0.25, 0.3) is 10.6 Å². The normalized spacial score (nSPS) is 10.8. The summed E-state index contributed by atoms with van der Waals surface area (Å²) >= 11 is 6.69. The topological polar surface area (TPSA) is 53.4 Å². The molecule has 2 heterocycles. The third-order valence-electron chi connectivity index (χ3n) is 3.69. The Balaban J connectivity index is 1.69. The summed E-state index contributed by atoms with van der Waals surface area (Å²) in [6.45, 7) is 0.706. The highest BCUT2D eigenvalue weighted by Crippen LogP contribution is 2.26. The van der Waals surface area contributed by atoms with E-state index in [2.05, 4.69) is 26.3 Å². The van der Waals surface area contributed by atoms with Gasteiger partial charge in [0.2, 0.25) is 5.91 Å². The van der Waals surface area contributed by atoms with Crippen molar-refractivity contribution in [3.05, 3.63) is 62.2 Å². The first-order valence-electron chi connectivity index (χ1n) is 7.76. The third kappa shape index (κ3) is 4.76. The van der Waals surface area contributed by atoms with Crippen LogP contribution < -0.4 is 0 Å². The van der Waals surface area contributed by atoms with E-state index in [9.17, 15) is 9.90 Å². The molecule has 3 aromatic rings. The van der Waals surface area contributed by atoms with E-state index in [4.69, 9.17) is 0 Å². The second-order valence-corrected chi connectivity index (χ2v) is 7.96. The van der Waals surface area contributed by atoms with E-state index >= 15 is 0 Å². The molecule has 1 amide bonds. The summed E-state index contributed by atoms with van der Waals surface area (Å²) in [4.78, 5) is 18.9. The quantitative estimate of drug-likeness (QED) is 0.603. The van der Waals surface area contributed by atoms with Crippen molar-refractivity contribution in [1.82, 2.24) is 9.88 Å². The number of aromatic nitrogens is 1. The van der Waals surface area contributed by atoms with Crippen molar-refractivity contribution in [1.29, 1.82) is 0 Å². The zero-order valence-corrected chi connectivity index (χ0v) is 16.6. The van der Waals surface area contributed by atoms with E-state index < -0.39 is 0 Å². The lowest BCUT2D eigenvalue weighted by molar-refractivity contribution is -0.131. The number of carbonyl (C=O) groups is 1. The van der Waals surface area contributed by atoms with E-state index in [0.29, 0.717) is 13.1 Å². The number of amides is 1. The molecule has 0 radical (unpaired) electrons. The van der Waals surface area contributed by atoms with Crippen LogP contribution in [0, 0.1) is 0 Å². The fraction of sp³-hybridized carbons (Fsp3) is 0.222. The number of hydrogen-bond donors (Lipinski definition) is 1. The number of hydrogen-bond acceptors (Lipinski definition) is 5. The van der Waals surface area contributed by atoms with Gasteiger partial charge in [-0.15, -0.1) is 11.3 Å². The summed E-state index contributed by atoms with van der Waals surface area (Å²) in [6.07, 6.45) is 0.241. The summed E-state index contributed by atoms with van der Waals surface area (Å²) in [5, 5.41) is 16.2. The predicted octanol–water partition coefficient (Wildman–Crippen LogP) is 4.20. The van der Waals surface area contributed by atoms with Crippen LogP contribution in [0.2, 0.25) is 0 Å². The Labute approximate surface area is 162 Å². The molecule has 0 bridgehead atoms. The fourth-order valence-corrected chi connectivity index (χ4v) is 4.36. The summed E-state index contributed by atoms with van der Waals surface area (Å²) in [5.74, 6) is -0.0352. The Morgan fingerprint density at radius 1 is 1.24 bits per heavy atom. The second-order valence-electron chi connectivity index (χ2n) is 5.46. The number of aliphatic hydroxyl groups is 1. The molecule has 0 fully saturated rings. The molecule has 0 aliphatic carbocycles. The molecule has 1 aromatic carbocycles. The van der Waals surface area contributed by atoms with Crippen LogP contribution in [0.1, 0.15) is 11.3 Å². The van der Waals surface area contributed by atoms with Gasteiger partial charge in [0.25, 0.3) is 0 Å². The van der Waals surface area contributed by atoms with Crippen LogP contribution in [0.4, 0.5) is 0 Å². The molecule has 3 rings (SSSR count). The minimum Gasteiger partial charge on any atom is -0.395 e. The zero-order chi connectivity index (χ0) is 17.6. The van der Waals surface area contributed by atoms with Crippen LogP contribution in [0.5, 0.6) is 0 Å². The van der Waals surface area contributed by atoms with Crippen molar-refractivity contribution in [2.24, 2.45) is 0 Å². The maximum atomic E-state index is 12.7. The standard InChI is InChI=1S/C18H17BrN2O2S2/c19-16-4-2-1-3-13(16)10-21(6-7-22)17(23)9-15-12-25-18(20-15)14-5-8-24-11-14/h1-5,8,11-12,22H,6-7,9-10H2. The van der Waals surface area contributed by atoms with Gasteiger partial charge in [0.1, 0.15) is 5.01 Å². The Kier molecular flexibility index (Phi) is 6.36. The lowest BCUT2D eigenvalue weighted by Gasteiger charge is -2.22. The van der Waals surface area contributed by atoms with Crippen molar-refractivity contribution in [2.45, 2.75) is 13.0 Å². The lowest BCUT2D eigenvalue weighted by Crippen LogP contribution is -2.34. The molecule has 0 atom stereocenters. The Hall–Kier alpha value is -1.54. The highest BCUT2D eigenvalue weighted by molar-refractivity contribution is 9.10. The zero-order valence-electron chi connectivity index (χ0n) is 13.4. The molecule has 2 aromatic heterocycles. The van der Waals surface area contributed by atoms with Gasteiger partial charge in [-0.25, -0.2) is 4.98 Å².